The highest BCUT2D eigenvalue weighted by molar-refractivity contribution is 7.85. The molecule has 114 valence electrons. The van der Waals surface area contributed by atoms with E-state index in [-0.39, 0.29) is 11.5 Å². The molecule has 0 aromatic carbocycles. The predicted molar refractivity (Wildman–Crippen MR) is 68.0 cm³/mol. The van der Waals surface area contributed by atoms with E-state index in [4.69, 9.17) is 0 Å². The van der Waals surface area contributed by atoms with Crippen molar-refractivity contribution in [3.8, 4) is 0 Å². The summed E-state index contributed by atoms with van der Waals surface area (Å²) < 4.78 is 69.3. The van der Waals surface area contributed by atoms with Gasteiger partial charge in [-0.05, 0) is 24.4 Å². The Bertz CT molecular complexity index is 574. The molecule has 0 bridgehead atoms. The normalized spacial score (nSPS) is 17.8. The van der Waals surface area contributed by atoms with Crippen LogP contribution in [0.5, 0.6) is 0 Å². The summed E-state index contributed by atoms with van der Waals surface area (Å²) in [7, 11) is -3.79. The third-order valence-corrected chi connectivity index (χ3v) is 4.73. The summed E-state index contributed by atoms with van der Waals surface area (Å²) >= 11 is 0.371. The summed E-state index contributed by atoms with van der Waals surface area (Å²) in [4.78, 5) is -0.858. The highest BCUT2D eigenvalue weighted by atomic mass is 32.2. The summed E-state index contributed by atoms with van der Waals surface area (Å²) in [6.45, 7) is -0.601. The minimum absolute atomic E-state index is 0.0273. The average Bonchev–Trinajstić information content (AvgIpc) is 2.92. The van der Waals surface area contributed by atoms with Crippen molar-refractivity contribution in [3.05, 3.63) is 16.1 Å². The van der Waals surface area contributed by atoms with Crippen molar-refractivity contribution in [2.24, 2.45) is 0 Å². The van der Waals surface area contributed by atoms with Crippen molar-refractivity contribution in [2.75, 3.05) is 6.26 Å². The molecule has 1 saturated carbocycles. The second kappa shape index (κ2) is 5.61. The lowest BCUT2D eigenvalue weighted by molar-refractivity contribution is -0.135. The Balaban J connectivity index is 2.34. The van der Waals surface area contributed by atoms with Crippen molar-refractivity contribution in [3.63, 3.8) is 0 Å². The van der Waals surface area contributed by atoms with E-state index < -0.39 is 27.8 Å². The van der Waals surface area contributed by atoms with Crippen LogP contribution in [0.15, 0.2) is 0 Å². The first-order chi connectivity index (χ1) is 9.18. The Morgan fingerprint density at radius 1 is 1.35 bits per heavy atom. The van der Waals surface area contributed by atoms with Gasteiger partial charge in [0.1, 0.15) is 4.88 Å². The summed E-state index contributed by atoms with van der Waals surface area (Å²) in [5, 5.41) is 0. The van der Waals surface area contributed by atoms with Crippen LogP contribution in [0.2, 0.25) is 0 Å². The maximum absolute atomic E-state index is 12.9. The molecule has 0 amide bonds. The summed E-state index contributed by atoms with van der Waals surface area (Å²) in [6, 6.07) is 0. The van der Waals surface area contributed by atoms with Gasteiger partial charge in [0.05, 0.1) is 18.6 Å². The van der Waals surface area contributed by atoms with E-state index >= 15 is 0 Å². The van der Waals surface area contributed by atoms with Gasteiger partial charge in [-0.1, -0.05) is 12.8 Å². The largest absolute Gasteiger partial charge is 0.427 e. The van der Waals surface area contributed by atoms with Crippen LogP contribution < -0.4 is 0 Å². The zero-order valence-corrected chi connectivity index (χ0v) is 12.4. The van der Waals surface area contributed by atoms with Gasteiger partial charge in [-0.2, -0.15) is 26.0 Å². The Morgan fingerprint density at radius 2 is 1.95 bits per heavy atom. The molecule has 0 spiro atoms. The van der Waals surface area contributed by atoms with Crippen LogP contribution in [-0.4, -0.2) is 19.0 Å². The molecule has 9 heteroatoms. The van der Waals surface area contributed by atoms with Crippen LogP contribution in [0.1, 0.15) is 47.7 Å². The van der Waals surface area contributed by atoms with Crippen LogP contribution in [0.3, 0.4) is 0 Å². The summed E-state index contributed by atoms with van der Waals surface area (Å²) in [5.74, 6) is -0.0273. The quantitative estimate of drug-likeness (QED) is 0.795. The lowest BCUT2D eigenvalue weighted by Crippen LogP contribution is -2.11. The zero-order valence-electron chi connectivity index (χ0n) is 10.7. The van der Waals surface area contributed by atoms with Crippen LogP contribution in [0.4, 0.5) is 13.2 Å². The molecule has 0 radical (unpaired) electrons. The average molecular weight is 329 g/mol. The third-order valence-electron chi connectivity index (χ3n) is 3.24. The number of nitrogens with zero attached hydrogens (tertiary/aromatic N) is 1. The first kappa shape index (κ1) is 15.7. The summed E-state index contributed by atoms with van der Waals surface area (Å²) in [6.07, 6.45) is -0.244. The fourth-order valence-electron chi connectivity index (χ4n) is 2.37. The van der Waals surface area contributed by atoms with E-state index in [1.807, 2.05) is 0 Å². The van der Waals surface area contributed by atoms with Crippen LogP contribution in [0, 0.1) is 0 Å². The molecule has 1 aromatic rings. The number of hydrogen-bond donors (Lipinski definition) is 0. The summed E-state index contributed by atoms with van der Waals surface area (Å²) in [5.41, 5.74) is 0.225. The van der Waals surface area contributed by atoms with Crippen LogP contribution in [0.25, 0.3) is 0 Å². The molecule has 0 N–H and O–H groups in total. The fraction of sp³-hybridized carbons (Fsp3) is 0.727. The van der Waals surface area contributed by atoms with Gasteiger partial charge >= 0.3 is 6.18 Å². The van der Waals surface area contributed by atoms with Gasteiger partial charge in [-0.3, -0.25) is 4.18 Å². The fourth-order valence-corrected chi connectivity index (χ4v) is 3.53. The van der Waals surface area contributed by atoms with E-state index in [1.54, 1.807) is 0 Å². The van der Waals surface area contributed by atoms with E-state index in [0.717, 1.165) is 31.9 Å². The maximum atomic E-state index is 12.9. The van der Waals surface area contributed by atoms with Gasteiger partial charge in [0.2, 0.25) is 0 Å². The first-order valence-electron chi connectivity index (χ1n) is 6.08. The van der Waals surface area contributed by atoms with Gasteiger partial charge in [0.15, 0.2) is 0 Å². The molecular formula is C11H14F3NO3S2. The number of alkyl halides is 3. The van der Waals surface area contributed by atoms with Crippen molar-refractivity contribution >= 4 is 21.7 Å². The molecule has 20 heavy (non-hydrogen) atoms. The number of hydrogen-bond acceptors (Lipinski definition) is 5. The topological polar surface area (TPSA) is 56.3 Å². The molecule has 4 nitrogen and oxygen atoms in total. The van der Waals surface area contributed by atoms with Gasteiger partial charge in [-0.25, -0.2) is 0 Å². The second-order valence-corrected chi connectivity index (χ2v) is 7.24. The lowest BCUT2D eigenvalue weighted by Gasteiger charge is -2.11. The van der Waals surface area contributed by atoms with Gasteiger partial charge in [0, 0.05) is 11.5 Å². The molecule has 0 unspecified atom stereocenters. The number of aromatic nitrogens is 1. The van der Waals surface area contributed by atoms with Crippen LogP contribution in [-0.2, 0) is 27.1 Å². The Hall–Kier alpha value is -0.670. The molecule has 2 rings (SSSR count). The molecule has 1 aromatic heterocycles. The standard InChI is InChI=1S/C11H14F3NO3S2/c1-20(16,17)18-6-8-9(7-4-2-3-5-7)15-19-10(8)11(12,13)14/h7H,2-6H2,1H3. The van der Waals surface area contributed by atoms with Gasteiger partial charge < -0.3 is 0 Å². The number of halogens is 3. The van der Waals surface area contributed by atoms with E-state index in [2.05, 4.69) is 8.56 Å². The highest BCUT2D eigenvalue weighted by Gasteiger charge is 2.39. The molecule has 0 aliphatic heterocycles. The number of rotatable bonds is 4. The molecule has 1 heterocycles. The Labute approximate surface area is 119 Å². The predicted octanol–water partition coefficient (Wildman–Crippen LogP) is 3.30. The Morgan fingerprint density at radius 3 is 2.45 bits per heavy atom. The van der Waals surface area contributed by atoms with Crippen molar-refractivity contribution in [2.45, 2.75) is 44.4 Å². The van der Waals surface area contributed by atoms with Gasteiger partial charge in [-0.15, -0.1) is 0 Å². The maximum Gasteiger partial charge on any atom is 0.427 e. The van der Waals surface area contributed by atoms with Crippen molar-refractivity contribution < 1.29 is 25.8 Å². The molecular weight excluding hydrogens is 315 g/mol. The third kappa shape index (κ3) is 3.70. The first-order valence-corrected chi connectivity index (χ1v) is 8.67. The SMILES string of the molecule is CS(=O)(=O)OCc1c(C2CCCC2)nsc1C(F)(F)F. The monoisotopic (exact) mass is 329 g/mol. The molecule has 0 atom stereocenters. The Kier molecular flexibility index (Phi) is 4.41. The second-order valence-electron chi connectivity index (χ2n) is 4.82. The van der Waals surface area contributed by atoms with Gasteiger partial charge in [0.25, 0.3) is 10.1 Å². The van der Waals surface area contributed by atoms with Crippen molar-refractivity contribution in [1.29, 1.82) is 0 Å². The van der Waals surface area contributed by atoms with E-state index in [1.165, 1.54) is 0 Å². The smallest absolute Gasteiger partial charge is 0.265 e. The minimum atomic E-state index is -4.54. The van der Waals surface area contributed by atoms with Crippen molar-refractivity contribution in [1.82, 2.24) is 4.37 Å². The zero-order chi connectivity index (χ0) is 15.0. The lowest BCUT2D eigenvalue weighted by atomic mass is 9.99. The molecule has 1 aliphatic rings. The molecule has 0 saturated heterocycles. The van der Waals surface area contributed by atoms with Crippen LogP contribution >= 0.6 is 11.5 Å². The molecule has 1 fully saturated rings. The van der Waals surface area contributed by atoms with E-state index in [9.17, 15) is 21.6 Å². The minimum Gasteiger partial charge on any atom is -0.265 e. The molecule has 1 aliphatic carbocycles. The highest BCUT2D eigenvalue weighted by Crippen LogP contribution is 2.42. The van der Waals surface area contributed by atoms with E-state index in [0.29, 0.717) is 17.2 Å².